The van der Waals surface area contributed by atoms with Crippen LogP contribution < -0.4 is 10.2 Å². The molecule has 19 heavy (non-hydrogen) atoms. The van der Waals surface area contributed by atoms with Gasteiger partial charge in [0.15, 0.2) is 0 Å². The van der Waals surface area contributed by atoms with E-state index in [-0.39, 0.29) is 5.82 Å². The van der Waals surface area contributed by atoms with E-state index in [0.29, 0.717) is 18.5 Å². The summed E-state index contributed by atoms with van der Waals surface area (Å²) in [6.07, 6.45) is 1.07. The van der Waals surface area contributed by atoms with E-state index in [2.05, 4.69) is 33.0 Å². The summed E-state index contributed by atoms with van der Waals surface area (Å²) >= 11 is 0. The van der Waals surface area contributed by atoms with E-state index < -0.39 is 0 Å². The molecule has 1 aromatic rings. The monoisotopic (exact) mass is 266 g/mol. The topological polar surface area (TPSA) is 15.3 Å². The van der Waals surface area contributed by atoms with E-state index in [1.165, 1.54) is 0 Å². The largest absolute Gasteiger partial charge is 0.372 e. The standard InChI is InChI=1S/C16H27FN2/c1-12(2)9-10-19(5)16-14(11-18-13(3)4)7-6-8-15(16)17/h6-8,12-13,18H,9-11H2,1-5H3. The number of hydrogen-bond donors (Lipinski definition) is 1. The summed E-state index contributed by atoms with van der Waals surface area (Å²) in [4.78, 5) is 2.03. The number of halogens is 1. The first kappa shape index (κ1) is 16.0. The molecule has 3 heteroatoms. The van der Waals surface area contributed by atoms with E-state index in [1.54, 1.807) is 12.1 Å². The van der Waals surface area contributed by atoms with Gasteiger partial charge >= 0.3 is 0 Å². The van der Waals surface area contributed by atoms with Crippen LogP contribution in [0.15, 0.2) is 18.2 Å². The SMILES string of the molecule is CC(C)CCN(C)c1c(F)cccc1CNC(C)C. The van der Waals surface area contributed by atoms with Gasteiger partial charge in [-0.2, -0.15) is 0 Å². The van der Waals surface area contributed by atoms with Crippen molar-refractivity contribution >= 4 is 5.69 Å². The zero-order valence-electron chi connectivity index (χ0n) is 12.8. The fourth-order valence-corrected chi connectivity index (χ4v) is 2.01. The lowest BCUT2D eigenvalue weighted by atomic mass is 10.1. The molecule has 108 valence electrons. The fraction of sp³-hybridized carbons (Fsp3) is 0.625. The zero-order valence-corrected chi connectivity index (χ0v) is 12.8. The van der Waals surface area contributed by atoms with Gasteiger partial charge in [-0.05, 0) is 24.0 Å². The summed E-state index contributed by atoms with van der Waals surface area (Å²) in [5.41, 5.74) is 1.76. The molecule has 0 aliphatic heterocycles. The van der Waals surface area contributed by atoms with Crippen molar-refractivity contribution in [2.45, 2.75) is 46.7 Å². The number of rotatable bonds is 7. The molecule has 0 fully saturated rings. The van der Waals surface area contributed by atoms with E-state index >= 15 is 0 Å². The van der Waals surface area contributed by atoms with Gasteiger partial charge in [-0.3, -0.25) is 0 Å². The average molecular weight is 266 g/mol. The fourth-order valence-electron chi connectivity index (χ4n) is 2.01. The highest BCUT2D eigenvalue weighted by molar-refractivity contribution is 5.54. The van der Waals surface area contributed by atoms with Crippen LogP contribution in [0.5, 0.6) is 0 Å². The maximum Gasteiger partial charge on any atom is 0.146 e. The van der Waals surface area contributed by atoms with Crippen LogP contribution in [0.4, 0.5) is 10.1 Å². The van der Waals surface area contributed by atoms with Gasteiger partial charge in [-0.25, -0.2) is 4.39 Å². The van der Waals surface area contributed by atoms with Crippen LogP contribution in [-0.2, 0) is 6.54 Å². The lowest BCUT2D eigenvalue weighted by molar-refractivity contribution is 0.563. The van der Waals surface area contributed by atoms with E-state index in [1.807, 2.05) is 18.0 Å². The lowest BCUT2D eigenvalue weighted by Gasteiger charge is -2.24. The highest BCUT2D eigenvalue weighted by Gasteiger charge is 2.13. The number of hydrogen-bond acceptors (Lipinski definition) is 2. The Hall–Kier alpha value is -1.09. The minimum atomic E-state index is -0.130. The molecule has 0 unspecified atom stereocenters. The van der Waals surface area contributed by atoms with Crippen LogP contribution in [0.2, 0.25) is 0 Å². The maximum atomic E-state index is 14.1. The molecule has 0 radical (unpaired) electrons. The summed E-state index contributed by atoms with van der Waals surface area (Å²) in [5.74, 6) is 0.501. The average Bonchev–Trinajstić information content (AvgIpc) is 2.33. The molecular weight excluding hydrogens is 239 g/mol. The quantitative estimate of drug-likeness (QED) is 0.807. The highest BCUT2D eigenvalue weighted by atomic mass is 19.1. The Morgan fingerprint density at radius 1 is 1.21 bits per heavy atom. The molecule has 0 atom stereocenters. The van der Waals surface area contributed by atoms with Gasteiger partial charge in [0.1, 0.15) is 5.82 Å². The number of para-hydroxylation sites is 1. The van der Waals surface area contributed by atoms with Crippen LogP contribution in [0.1, 0.15) is 39.7 Å². The molecule has 1 N–H and O–H groups in total. The third-order valence-electron chi connectivity index (χ3n) is 3.19. The van der Waals surface area contributed by atoms with Crippen molar-refractivity contribution in [3.05, 3.63) is 29.6 Å². The van der Waals surface area contributed by atoms with Crippen molar-refractivity contribution in [2.24, 2.45) is 5.92 Å². The highest BCUT2D eigenvalue weighted by Crippen LogP contribution is 2.24. The maximum absolute atomic E-state index is 14.1. The van der Waals surface area contributed by atoms with Gasteiger partial charge in [0.05, 0.1) is 5.69 Å². The zero-order chi connectivity index (χ0) is 14.4. The molecule has 0 heterocycles. The molecule has 0 amide bonds. The van der Waals surface area contributed by atoms with Gasteiger partial charge in [-0.15, -0.1) is 0 Å². The third kappa shape index (κ3) is 5.19. The summed E-state index contributed by atoms with van der Waals surface area (Å²) in [5, 5.41) is 3.36. The summed E-state index contributed by atoms with van der Waals surface area (Å²) in [6, 6.07) is 5.73. The van der Waals surface area contributed by atoms with Crippen molar-refractivity contribution in [2.75, 3.05) is 18.5 Å². The first-order chi connectivity index (χ1) is 8.91. The summed E-state index contributed by atoms with van der Waals surface area (Å²) < 4.78 is 14.1. The first-order valence-electron chi connectivity index (χ1n) is 7.13. The molecule has 0 aliphatic carbocycles. The molecule has 0 saturated carbocycles. The van der Waals surface area contributed by atoms with Crippen molar-refractivity contribution in [3.63, 3.8) is 0 Å². The van der Waals surface area contributed by atoms with Crippen LogP contribution in [-0.4, -0.2) is 19.6 Å². The first-order valence-corrected chi connectivity index (χ1v) is 7.13. The molecular formula is C16H27FN2. The summed E-state index contributed by atoms with van der Waals surface area (Å²) in [7, 11) is 1.97. The molecule has 0 saturated heterocycles. The summed E-state index contributed by atoms with van der Waals surface area (Å²) in [6.45, 7) is 10.2. The van der Waals surface area contributed by atoms with E-state index in [0.717, 1.165) is 24.2 Å². The molecule has 0 aliphatic rings. The lowest BCUT2D eigenvalue weighted by Crippen LogP contribution is -2.26. The van der Waals surface area contributed by atoms with Crippen LogP contribution in [0.3, 0.4) is 0 Å². The predicted octanol–water partition coefficient (Wildman–Crippen LogP) is 3.81. The molecule has 2 nitrogen and oxygen atoms in total. The molecule has 1 rings (SSSR count). The minimum Gasteiger partial charge on any atom is -0.372 e. The second-order valence-corrected chi connectivity index (χ2v) is 5.89. The van der Waals surface area contributed by atoms with Crippen LogP contribution in [0.25, 0.3) is 0 Å². The Morgan fingerprint density at radius 2 is 1.89 bits per heavy atom. The smallest absolute Gasteiger partial charge is 0.146 e. The molecule has 0 bridgehead atoms. The van der Waals surface area contributed by atoms with Gasteiger partial charge < -0.3 is 10.2 Å². The van der Waals surface area contributed by atoms with Crippen LogP contribution in [0, 0.1) is 11.7 Å². The Kier molecular flexibility index (Phi) is 6.29. The normalized spacial score (nSPS) is 11.4. The number of nitrogens with one attached hydrogen (secondary N) is 1. The molecule has 0 aromatic heterocycles. The molecule has 1 aromatic carbocycles. The minimum absolute atomic E-state index is 0.130. The Labute approximate surface area is 117 Å². The van der Waals surface area contributed by atoms with Crippen molar-refractivity contribution < 1.29 is 4.39 Å². The predicted molar refractivity (Wildman–Crippen MR) is 81.1 cm³/mol. The van der Waals surface area contributed by atoms with Crippen molar-refractivity contribution in [1.82, 2.24) is 5.32 Å². The van der Waals surface area contributed by atoms with Crippen molar-refractivity contribution in [3.8, 4) is 0 Å². The third-order valence-corrected chi connectivity index (χ3v) is 3.19. The van der Waals surface area contributed by atoms with E-state index in [9.17, 15) is 4.39 Å². The van der Waals surface area contributed by atoms with Gasteiger partial charge in [0.2, 0.25) is 0 Å². The Morgan fingerprint density at radius 3 is 2.47 bits per heavy atom. The number of benzene rings is 1. The number of anilines is 1. The molecule has 0 spiro atoms. The van der Waals surface area contributed by atoms with Crippen LogP contribution >= 0.6 is 0 Å². The van der Waals surface area contributed by atoms with Gasteiger partial charge in [0.25, 0.3) is 0 Å². The van der Waals surface area contributed by atoms with Gasteiger partial charge in [-0.1, -0.05) is 39.8 Å². The Bertz CT molecular complexity index is 388. The van der Waals surface area contributed by atoms with Gasteiger partial charge in [0, 0.05) is 26.2 Å². The number of nitrogens with zero attached hydrogens (tertiary/aromatic N) is 1. The second kappa shape index (κ2) is 7.49. The second-order valence-electron chi connectivity index (χ2n) is 5.89. The van der Waals surface area contributed by atoms with Crippen molar-refractivity contribution in [1.29, 1.82) is 0 Å². The van der Waals surface area contributed by atoms with E-state index in [4.69, 9.17) is 0 Å². The Balaban J connectivity index is 2.84.